The first kappa shape index (κ1) is 16.4. The van der Waals surface area contributed by atoms with Gasteiger partial charge in [0, 0.05) is 11.4 Å². The second-order valence-electron chi connectivity index (χ2n) is 6.04. The molecule has 130 valence electrons. The van der Waals surface area contributed by atoms with Crippen LogP contribution in [0.3, 0.4) is 0 Å². The molecule has 0 saturated heterocycles. The standard InChI is InChI=1S/C20H17N3O2S/c24-26(25,14-15-6-2-1-3-7-15)23-17-11-10-16-13-21-18-8-4-5-9-19(18)22-20(16)12-17/h1-13,21,23H,14H2. The van der Waals surface area contributed by atoms with E-state index in [0.717, 1.165) is 22.2 Å². The molecule has 1 heterocycles. The second kappa shape index (κ2) is 6.65. The van der Waals surface area contributed by atoms with Gasteiger partial charge in [0.2, 0.25) is 10.0 Å². The molecule has 4 rings (SSSR count). The minimum Gasteiger partial charge on any atom is -0.359 e. The number of fused-ring (bicyclic) bond motifs is 2. The van der Waals surface area contributed by atoms with E-state index in [4.69, 9.17) is 0 Å². The summed E-state index contributed by atoms with van der Waals surface area (Å²) in [5.41, 5.74) is 2.96. The molecule has 0 bridgehead atoms. The Balaban J connectivity index is 1.66. The molecule has 0 spiro atoms. The lowest BCUT2D eigenvalue weighted by Gasteiger charge is -2.08. The molecular formula is C20H17N3O2S. The minimum atomic E-state index is -3.50. The van der Waals surface area contributed by atoms with E-state index in [2.05, 4.69) is 15.0 Å². The van der Waals surface area contributed by atoms with Crippen LogP contribution in [0.1, 0.15) is 5.56 Å². The van der Waals surface area contributed by atoms with E-state index in [1.807, 2.05) is 54.7 Å². The zero-order chi connectivity index (χ0) is 18.0. The molecule has 5 nitrogen and oxygen atoms in total. The quantitative estimate of drug-likeness (QED) is 0.749. The molecule has 26 heavy (non-hydrogen) atoms. The van der Waals surface area contributed by atoms with Crippen LogP contribution >= 0.6 is 0 Å². The second-order valence-corrected chi connectivity index (χ2v) is 7.76. The summed E-state index contributed by atoms with van der Waals surface area (Å²) in [5, 5.41) is 4.83. The number of nitrogens with one attached hydrogen (secondary N) is 2. The van der Waals surface area contributed by atoms with Crippen molar-refractivity contribution in [3.8, 4) is 0 Å². The number of rotatable bonds is 4. The molecule has 3 aromatic carbocycles. The van der Waals surface area contributed by atoms with E-state index < -0.39 is 10.0 Å². The Morgan fingerprint density at radius 1 is 0.923 bits per heavy atom. The fourth-order valence-electron chi connectivity index (χ4n) is 2.81. The number of hydrogen-bond donors (Lipinski definition) is 2. The highest BCUT2D eigenvalue weighted by Crippen LogP contribution is 2.24. The summed E-state index contributed by atoms with van der Waals surface area (Å²) in [4.78, 5) is 4.65. The first-order chi connectivity index (χ1) is 12.6. The Morgan fingerprint density at radius 2 is 1.69 bits per heavy atom. The lowest BCUT2D eigenvalue weighted by atomic mass is 10.2. The molecule has 0 unspecified atom stereocenters. The first-order valence-electron chi connectivity index (χ1n) is 8.18. The summed E-state index contributed by atoms with van der Waals surface area (Å²) in [6.45, 7) is 0. The number of hydrogen-bond acceptors (Lipinski definition) is 4. The van der Waals surface area contributed by atoms with Gasteiger partial charge in [-0.1, -0.05) is 42.5 Å². The van der Waals surface area contributed by atoms with Crippen LogP contribution in [-0.4, -0.2) is 8.42 Å². The highest BCUT2D eigenvalue weighted by molar-refractivity contribution is 7.91. The summed E-state index contributed by atoms with van der Waals surface area (Å²) in [5.74, 6) is -0.0709. The fraction of sp³-hybridized carbons (Fsp3) is 0.0500. The van der Waals surface area contributed by atoms with E-state index in [1.54, 1.807) is 24.3 Å². The van der Waals surface area contributed by atoms with Crippen molar-refractivity contribution >= 4 is 33.3 Å². The molecule has 0 fully saturated rings. The molecular weight excluding hydrogens is 346 g/mol. The van der Waals surface area contributed by atoms with Crippen molar-refractivity contribution in [1.82, 2.24) is 0 Å². The van der Waals surface area contributed by atoms with E-state index >= 15 is 0 Å². The molecule has 6 heteroatoms. The molecule has 0 aliphatic carbocycles. The van der Waals surface area contributed by atoms with E-state index in [-0.39, 0.29) is 5.75 Å². The number of benzene rings is 3. The van der Waals surface area contributed by atoms with Crippen molar-refractivity contribution < 1.29 is 8.42 Å². The summed E-state index contributed by atoms with van der Waals surface area (Å²) < 4.78 is 27.5. The van der Waals surface area contributed by atoms with Gasteiger partial charge in [-0.15, -0.1) is 0 Å². The Morgan fingerprint density at radius 3 is 2.54 bits per heavy atom. The van der Waals surface area contributed by atoms with Crippen LogP contribution in [0, 0.1) is 0 Å². The van der Waals surface area contributed by atoms with Crippen molar-refractivity contribution in [3.63, 3.8) is 0 Å². The van der Waals surface area contributed by atoms with Gasteiger partial charge in [-0.05, 0) is 35.9 Å². The molecule has 0 saturated carbocycles. The monoisotopic (exact) mass is 363 g/mol. The van der Waals surface area contributed by atoms with Gasteiger partial charge < -0.3 is 5.32 Å². The Kier molecular flexibility index (Phi) is 4.18. The average Bonchev–Trinajstić information content (AvgIpc) is 2.80. The zero-order valence-electron chi connectivity index (χ0n) is 13.9. The van der Waals surface area contributed by atoms with Crippen LogP contribution in [0.2, 0.25) is 0 Å². The first-order valence-corrected chi connectivity index (χ1v) is 9.83. The number of sulfonamides is 1. The molecule has 0 atom stereocenters. The molecule has 0 radical (unpaired) electrons. The minimum absolute atomic E-state index is 0.0709. The zero-order valence-corrected chi connectivity index (χ0v) is 14.7. The fourth-order valence-corrected chi connectivity index (χ4v) is 4.00. The maximum Gasteiger partial charge on any atom is 0.236 e. The van der Waals surface area contributed by atoms with Gasteiger partial charge in [0.25, 0.3) is 0 Å². The smallest absolute Gasteiger partial charge is 0.236 e. The van der Waals surface area contributed by atoms with Gasteiger partial charge in [-0.3, -0.25) is 4.72 Å². The van der Waals surface area contributed by atoms with Gasteiger partial charge >= 0.3 is 0 Å². The molecule has 1 aliphatic rings. The number of nitrogens with zero attached hydrogens (tertiary/aromatic N) is 1. The van der Waals surface area contributed by atoms with Crippen molar-refractivity contribution in [2.75, 3.05) is 10.0 Å². The molecule has 0 aromatic heterocycles. The van der Waals surface area contributed by atoms with Gasteiger partial charge in [-0.25, -0.2) is 13.4 Å². The van der Waals surface area contributed by atoms with Crippen LogP contribution in [0.5, 0.6) is 0 Å². The normalized spacial score (nSPS) is 12.5. The van der Waals surface area contributed by atoms with Crippen molar-refractivity contribution in [3.05, 3.63) is 88.9 Å². The molecule has 1 aliphatic heterocycles. The Labute approximate surface area is 151 Å². The third kappa shape index (κ3) is 3.60. The van der Waals surface area contributed by atoms with E-state index in [0.29, 0.717) is 11.0 Å². The van der Waals surface area contributed by atoms with Crippen molar-refractivity contribution in [2.45, 2.75) is 5.75 Å². The van der Waals surface area contributed by atoms with Crippen LogP contribution in [-0.2, 0) is 15.8 Å². The van der Waals surface area contributed by atoms with Gasteiger partial charge in [-0.2, -0.15) is 0 Å². The van der Waals surface area contributed by atoms with Gasteiger partial charge in [0.1, 0.15) is 0 Å². The van der Waals surface area contributed by atoms with Crippen LogP contribution in [0.15, 0.2) is 77.8 Å². The molecule has 2 N–H and O–H groups in total. The Bertz CT molecular complexity index is 1170. The maximum atomic E-state index is 12.4. The van der Waals surface area contributed by atoms with Crippen LogP contribution in [0.25, 0.3) is 6.20 Å². The van der Waals surface area contributed by atoms with E-state index in [1.165, 1.54) is 0 Å². The third-order valence-corrected chi connectivity index (χ3v) is 5.29. The lowest BCUT2D eigenvalue weighted by Crippen LogP contribution is -2.26. The highest BCUT2D eigenvalue weighted by atomic mass is 32.2. The van der Waals surface area contributed by atoms with Gasteiger partial charge in [0.05, 0.1) is 28.2 Å². The van der Waals surface area contributed by atoms with Crippen molar-refractivity contribution in [2.24, 2.45) is 4.99 Å². The predicted molar refractivity (Wildman–Crippen MR) is 104 cm³/mol. The predicted octanol–water partition coefficient (Wildman–Crippen LogP) is 2.74. The number of para-hydroxylation sites is 2. The molecule has 3 aromatic rings. The topological polar surface area (TPSA) is 70.6 Å². The SMILES string of the molecule is O=S(=O)(Cc1ccccc1)Nc1ccc2c(c1)=Nc1ccccc1NC=2. The van der Waals surface area contributed by atoms with Crippen LogP contribution < -0.4 is 20.6 Å². The number of anilines is 2. The summed E-state index contributed by atoms with van der Waals surface area (Å²) in [6.07, 6.45) is 1.87. The van der Waals surface area contributed by atoms with Crippen molar-refractivity contribution in [1.29, 1.82) is 0 Å². The summed E-state index contributed by atoms with van der Waals surface area (Å²) >= 11 is 0. The van der Waals surface area contributed by atoms with Gasteiger partial charge in [0.15, 0.2) is 0 Å². The van der Waals surface area contributed by atoms with E-state index in [9.17, 15) is 8.42 Å². The van der Waals surface area contributed by atoms with Crippen LogP contribution in [0.4, 0.5) is 17.1 Å². The Hall–Kier alpha value is -3.12. The average molecular weight is 363 g/mol. The third-order valence-electron chi connectivity index (χ3n) is 4.03. The maximum absolute atomic E-state index is 12.4. The summed E-state index contributed by atoms with van der Waals surface area (Å²) in [6, 6.07) is 22.2. The lowest BCUT2D eigenvalue weighted by molar-refractivity contribution is 0.600. The highest BCUT2D eigenvalue weighted by Gasteiger charge is 2.12. The molecule has 0 amide bonds. The summed E-state index contributed by atoms with van der Waals surface area (Å²) in [7, 11) is -3.50. The largest absolute Gasteiger partial charge is 0.359 e.